The van der Waals surface area contributed by atoms with Gasteiger partial charge in [0.15, 0.2) is 5.65 Å². The zero-order valence-corrected chi connectivity index (χ0v) is 10.7. The second-order valence-corrected chi connectivity index (χ2v) is 2.93. The number of ether oxygens (including phenoxy) is 1. The van der Waals surface area contributed by atoms with E-state index in [-0.39, 0.29) is 0 Å². The normalized spacial score (nSPS) is 9.41. The van der Waals surface area contributed by atoms with Gasteiger partial charge in [-0.15, -0.1) is 0 Å². The first-order chi connectivity index (χ1) is 8.35. The number of pyridine rings is 1. The molecule has 0 fully saturated rings. The van der Waals surface area contributed by atoms with E-state index in [0.29, 0.717) is 18.1 Å². The van der Waals surface area contributed by atoms with Crippen molar-refractivity contribution < 1.29 is 4.74 Å². The summed E-state index contributed by atoms with van der Waals surface area (Å²) in [5, 5.41) is 3.88. The van der Waals surface area contributed by atoms with Crippen LogP contribution in [0.3, 0.4) is 0 Å². The number of rotatable bonds is 3. The van der Waals surface area contributed by atoms with Gasteiger partial charge in [0.2, 0.25) is 5.88 Å². The van der Waals surface area contributed by atoms with Gasteiger partial charge in [0.25, 0.3) is 0 Å². The summed E-state index contributed by atoms with van der Waals surface area (Å²) in [5.41, 5.74) is 0.639. The Morgan fingerprint density at radius 1 is 1.24 bits per heavy atom. The molecule has 0 amide bonds. The van der Waals surface area contributed by atoms with Crippen LogP contribution in [0.4, 0.5) is 5.82 Å². The third-order valence-corrected chi connectivity index (χ3v) is 2.00. The van der Waals surface area contributed by atoms with Crippen LogP contribution < -0.4 is 10.1 Å². The molecule has 0 aliphatic heterocycles. The van der Waals surface area contributed by atoms with Gasteiger partial charge in [-0.05, 0) is 13.0 Å². The number of anilines is 1. The van der Waals surface area contributed by atoms with E-state index >= 15 is 0 Å². The number of nitrogens with one attached hydrogen (secondary N) is 1. The minimum atomic E-state index is 0.589. The van der Waals surface area contributed by atoms with Crippen LogP contribution in [0.15, 0.2) is 18.5 Å². The topological polar surface area (TPSA) is 59.9 Å². The third-order valence-electron chi connectivity index (χ3n) is 2.00. The van der Waals surface area contributed by atoms with Crippen molar-refractivity contribution in [1.82, 2.24) is 15.0 Å². The maximum Gasteiger partial charge on any atom is 0.215 e. The molecule has 0 aliphatic rings. The summed E-state index contributed by atoms with van der Waals surface area (Å²) in [7, 11) is 1.82. The third kappa shape index (κ3) is 3.03. The first-order valence-corrected chi connectivity index (χ1v) is 5.77. The SMILES string of the molecule is CC.CCOc1ccc2c(NC)ncnc2n1. The van der Waals surface area contributed by atoms with Crippen LogP contribution >= 0.6 is 0 Å². The summed E-state index contributed by atoms with van der Waals surface area (Å²) >= 11 is 0. The van der Waals surface area contributed by atoms with Crippen LogP contribution in [0.25, 0.3) is 11.0 Å². The van der Waals surface area contributed by atoms with E-state index in [2.05, 4.69) is 20.3 Å². The Morgan fingerprint density at radius 3 is 2.65 bits per heavy atom. The first kappa shape index (κ1) is 13.2. The van der Waals surface area contributed by atoms with E-state index in [9.17, 15) is 0 Å². The van der Waals surface area contributed by atoms with Crippen LogP contribution in [0.5, 0.6) is 5.88 Å². The molecule has 2 aromatic heterocycles. The van der Waals surface area contributed by atoms with Gasteiger partial charge in [-0.3, -0.25) is 0 Å². The summed E-state index contributed by atoms with van der Waals surface area (Å²) < 4.78 is 5.30. The highest BCUT2D eigenvalue weighted by Gasteiger charge is 2.04. The van der Waals surface area contributed by atoms with Gasteiger partial charge in [0, 0.05) is 13.1 Å². The van der Waals surface area contributed by atoms with E-state index < -0.39 is 0 Å². The Morgan fingerprint density at radius 2 is 2.00 bits per heavy atom. The minimum Gasteiger partial charge on any atom is -0.478 e. The average molecular weight is 234 g/mol. The molecule has 0 unspecified atom stereocenters. The lowest BCUT2D eigenvalue weighted by Gasteiger charge is -2.05. The highest BCUT2D eigenvalue weighted by molar-refractivity contribution is 5.86. The van der Waals surface area contributed by atoms with E-state index in [1.807, 2.05) is 40.0 Å². The Kier molecular flexibility index (Phi) is 5.13. The lowest BCUT2D eigenvalue weighted by Crippen LogP contribution is -1.98. The second-order valence-electron chi connectivity index (χ2n) is 2.93. The largest absolute Gasteiger partial charge is 0.478 e. The number of hydrogen-bond acceptors (Lipinski definition) is 5. The molecule has 17 heavy (non-hydrogen) atoms. The van der Waals surface area contributed by atoms with Crippen molar-refractivity contribution in [3.8, 4) is 5.88 Å². The quantitative estimate of drug-likeness (QED) is 0.884. The fraction of sp³-hybridized carbons (Fsp3) is 0.417. The molecular formula is C12H18N4O. The van der Waals surface area contributed by atoms with Gasteiger partial charge >= 0.3 is 0 Å². The van der Waals surface area contributed by atoms with Gasteiger partial charge < -0.3 is 10.1 Å². The van der Waals surface area contributed by atoms with E-state index in [1.165, 1.54) is 6.33 Å². The monoisotopic (exact) mass is 234 g/mol. The molecule has 0 aromatic carbocycles. The van der Waals surface area contributed by atoms with Gasteiger partial charge in [-0.1, -0.05) is 13.8 Å². The zero-order chi connectivity index (χ0) is 12.7. The minimum absolute atomic E-state index is 0.589. The summed E-state index contributed by atoms with van der Waals surface area (Å²) in [6.07, 6.45) is 1.48. The lowest BCUT2D eigenvalue weighted by molar-refractivity contribution is 0.328. The van der Waals surface area contributed by atoms with Gasteiger partial charge in [0.1, 0.15) is 12.1 Å². The Balaban J connectivity index is 0.000000686. The molecule has 2 aromatic rings. The molecule has 0 spiro atoms. The fourth-order valence-electron chi connectivity index (χ4n) is 1.35. The predicted octanol–water partition coefficient (Wildman–Crippen LogP) is 2.49. The van der Waals surface area contributed by atoms with Gasteiger partial charge in [0.05, 0.1) is 12.0 Å². The molecule has 0 bridgehead atoms. The smallest absolute Gasteiger partial charge is 0.215 e. The van der Waals surface area contributed by atoms with Crippen molar-refractivity contribution in [2.75, 3.05) is 19.0 Å². The van der Waals surface area contributed by atoms with Gasteiger partial charge in [-0.2, -0.15) is 4.98 Å². The highest BCUT2D eigenvalue weighted by Crippen LogP contribution is 2.19. The fourth-order valence-corrected chi connectivity index (χ4v) is 1.35. The van der Waals surface area contributed by atoms with Gasteiger partial charge in [-0.25, -0.2) is 9.97 Å². The van der Waals surface area contributed by atoms with Crippen molar-refractivity contribution in [2.24, 2.45) is 0 Å². The molecule has 5 heteroatoms. The molecule has 0 saturated carbocycles. The van der Waals surface area contributed by atoms with E-state index in [4.69, 9.17) is 4.74 Å². The van der Waals surface area contributed by atoms with Crippen molar-refractivity contribution in [2.45, 2.75) is 20.8 Å². The van der Waals surface area contributed by atoms with E-state index in [0.717, 1.165) is 11.2 Å². The Labute approximate surface area is 101 Å². The standard InChI is InChI=1S/C10H12N4O.C2H6/c1-3-15-8-5-4-7-9(11-2)12-6-13-10(7)14-8;1-2/h4-6H,3H2,1-2H3,(H,11,12,13,14);1-2H3. The van der Waals surface area contributed by atoms with Crippen LogP contribution in [0.2, 0.25) is 0 Å². The maximum atomic E-state index is 5.30. The molecule has 1 N–H and O–H groups in total. The first-order valence-electron chi connectivity index (χ1n) is 5.77. The van der Waals surface area contributed by atoms with E-state index in [1.54, 1.807) is 0 Å². The summed E-state index contributed by atoms with van der Waals surface area (Å²) in [6, 6.07) is 3.72. The number of aromatic nitrogens is 3. The van der Waals surface area contributed by atoms with Crippen molar-refractivity contribution in [3.63, 3.8) is 0 Å². The summed E-state index contributed by atoms with van der Waals surface area (Å²) in [6.45, 7) is 6.52. The van der Waals surface area contributed by atoms with Crippen molar-refractivity contribution in [3.05, 3.63) is 18.5 Å². The maximum absolute atomic E-state index is 5.30. The van der Waals surface area contributed by atoms with Crippen LogP contribution in [-0.4, -0.2) is 28.6 Å². The van der Waals surface area contributed by atoms with Crippen LogP contribution in [0.1, 0.15) is 20.8 Å². The van der Waals surface area contributed by atoms with Crippen LogP contribution in [0, 0.1) is 0 Å². The number of fused-ring (bicyclic) bond motifs is 1. The van der Waals surface area contributed by atoms with Crippen molar-refractivity contribution in [1.29, 1.82) is 0 Å². The highest BCUT2D eigenvalue weighted by atomic mass is 16.5. The molecule has 0 aliphatic carbocycles. The number of nitrogens with zero attached hydrogens (tertiary/aromatic N) is 3. The molecular weight excluding hydrogens is 216 g/mol. The molecule has 2 heterocycles. The lowest BCUT2D eigenvalue weighted by atomic mass is 10.3. The Bertz CT molecular complexity index is 473. The molecule has 0 saturated heterocycles. The van der Waals surface area contributed by atoms with Crippen molar-refractivity contribution >= 4 is 16.9 Å². The molecule has 92 valence electrons. The molecule has 0 atom stereocenters. The van der Waals surface area contributed by atoms with Crippen LogP contribution in [-0.2, 0) is 0 Å². The predicted molar refractivity (Wildman–Crippen MR) is 69.4 cm³/mol. The Hall–Kier alpha value is -1.91. The summed E-state index contributed by atoms with van der Waals surface area (Å²) in [5.74, 6) is 1.36. The molecule has 5 nitrogen and oxygen atoms in total. The zero-order valence-electron chi connectivity index (χ0n) is 10.7. The summed E-state index contributed by atoms with van der Waals surface area (Å²) in [4.78, 5) is 12.4. The second kappa shape index (κ2) is 6.62. The number of hydrogen-bond donors (Lipinski definition) is 1. The average Bonchev–Trinajstić information content (AvgIpc) is 2.40. The molecule has 2 rings (SSSR count). The molecule has 0 radical (unpaired) electrons.